The lowest BCUT2D eigenvalue weighted by Gasteiger charge is -2.24. The summed E-state index contributed by atoms with van der Waals surface area (Å²) in [5.74, 6) is -1.53. The van der Waals surface area contributed by atoms with Crippen molar-refractivity contribution in [3.63, 3.8) is 0 Å². The molecule has 1 aliphatic heterocycles. The molecule has 0 radical (unpaired) electrons. The smallest absolute Gasteiger partial charge is 0.326 e. The van der Waals surface area contributed by atoms with Gasteiger partial charge in [0.25, 0.3) is 5.91 Å². The Morgan fingerprint density at radius 3 is 2.70 bits per heavy atom. The molecule has 1 aromatic rings. The number of carboxylic acids is 1. The molecule has 0 aliphatic carbocycles. The van der Waals surface area contributed by atoms with Crippen molar-refractivity contribution < 1.29 is 19.4 Å². The van der Waals surface area contributed by atoms with Crippen LogP contribution in [0.1, 0.15) is 55.2 Å². The number of hydrogen-bond acceptors (Lipinski definition) is 4. The summed E-state index contributed by atoms with van der Waals surface area (Å²) in [5.41, 5.74) is 1.20. The molecule has 1 saturated heterocycles. The van der Waals surface area contributed by atoms with E-state index in [1.807, 2.05) is 25.5 Å². The Morgan fingerprint density at radius 1 is 1.48 bits per heavy atom. The van der Waals surface area contributed by atoms with Crippen molar-refractivity contribution in [1.82, 2.24) is 15.1 Å². The maximum atomic E-state index is 12.4. The number of carbonyl (C=O) groups excluding carboxylic acids is 1. The molecule has 2 atom stereocenters. The van der Waals surface area contributed by atoms with Gasteiger partial charge in [-0.15, -0.1) is 0 Å². The van der Waals surface area contributed by atoms with E-state index < -0.39 is 12.0 Å². The van der Waals surface area contributed by atoms with Gasteiger partial charge in [0.2, 0.25) is 0 Å². The largest absolute Gasteiger partial charge is 0.480 e. The van der Waals surface area contributed by atoms with Crippen molar-refractivity contribution in [2.45, 2.75) is 52.1 Å². The fourth-order valence-electron chi connectivity index (χ4n) is 2.85. The van der Waals surface area contributed by atoms with E-state index in [9.17, 15) is 14.7 Å². The molecular weight excluding hydrogens is 298 g/mol. The second-order valence-corrected chi connectivity index (χ2v) is 6.11. The zero-order valence-corrected chi connectivity index (χ0v) is 13.9. The van der Waals surface area contributed by atoms with E-state index in [2.05, 4.69) is 10.4 Å². The van der Waals surface area contributed by atoms with Crippen LogP contribution in [0.15, 0.2) is 6.20 Å². The van der Waals surface area contributed by atoms with Gasteiger partial charge in [-0.2, -0.15) is 5.10 Å². The van der Waals surface area contributed by atoms with Crippen LogP contribution in [0, 0.1) is 12.8 Å². The molecule has 0 spiro atoms. The maximum Gasteiger partial charge on any atom is 0.326 e. The average molecular weight is 323 g/mol. The van der Waals surface area contributed by atoms with Crippen molar-refractivity contribution in [2.75, 3.05) is 13.2 Å². The van der Waals surface area contributed by atoms with Gasteiger partial charge in [-0.1, -0.05) is 20.3 Å². The van der Waals surface area contributed by atoms with Crippen LogP contribution >= 0.6 is 0 Å². The highest BCUT2D eigenvalue weighted by molar-refractivity contribution is 5.97. The molecule has 1 aliphatic rings. The molecule has 0 bridgehead atoms. The molecule has 1 aromatic heterocycles. The average Bonchev–Trinajstić information content (AvgIpc) is 2.94. The molecule has 2 rings (SSSR count). The molecule has 1 fully saturated rings. The van der Waals surface area contributed by atoms with Gasteiger partial charge in [0.05, 0.1) is 17.8 Å². The summed E-state index contributed by atoms with van der Waals surface area (Å²) in [6, 6.07) is -0.659. The van der Waals surface area contributed by atoms with Crippen LogP contribution in [0.3, 0.4) is 0 Å². The molecule has 2 heterocycles. The van der Waals surface area contributed by atoms with Gasteiger partial charge in [-0.3, -0.25) is 9.48 Å². The normalized spacial score (nSPS) is 18.4. The summed E-state index contributed by atoms with van der Waals surface area (Å²) in [7, 11) is 0. The number of amides is 1. The van der Waals surface area contributed by atoms with Crippen LogP contribution in [-0.2, 0) is 9.53 Å². The van der Waals surface area contributed by atoms with E-state index in [4.69, 9.17) is 4.74 Å². The summed E-state index contributed by atoms with van der Waals surface area (Å²) in [6.45, 7) is 6.95. The predicted molar refractivity (Wildman–Crippen MR) is 84.4 cm³/mol. The molecule has 2 unspecified atom stereocenters. The summed E-state index contributed by atoms with van der Waals surface area (Å²) < 4.78 is 7.20. The first-order valence-electron chi connectivity index (χ1n) is 8.11. The first-order valence-corrected chi connectivity index (χ1v) is 8.11. The minimum Gasteiger partial charge on any atom is -0.480 e. The van der Waals surface area contributed by atoms with Gasteiger partial charge >= 0.3 is 5.97 Å². The number of carboxylic acid groups (broad SMARTS) is 1. The molecular formula is C16H25N3O4. The van der Waals surface area contributed by atoms with Crippen molar-refractivity contribution >= 4 is 11.9 Å². The number of aliphatic carboxylic acids is 1. The Bertz CT molecular complexity index is 564. The van der Waals surface area contributed by atoms with E-state index in [1.54, 1.807) is 0 Å². The van der Waals surface area contributed by atoms with Gasteiger partial charge in [-0.25, -0.2) is 4.79 Å². The van der Waals surface area contributed by atoms with Crippen molar-refractivity contribution in [2.24, 2.45) is 5.92 Å². The number of ether oxygens (including phenoxy) is 1. The highest BCUT2D eigenvalue weighted by Crippen LogP contribution is 2.23. The fourth-order valence-corrected chi connectivity index (χ4v) is 2.85. The van der Waals surface area contributed by atoms with Crippen LogP contribution in [0.2, 0.25) is 0 Å². The van der Waals surface area contributed by atoms with E-state index in [0.29, 0.717) is 25.2 Å². The van der Waals surface area contributed by atoms with Gasteiger partial charge in [-0.05, 0) is 25.7 Å². The Labute approximate surface area is 136 Å². The lowest BCUT2D eigenvalue weighted by molar-refractivity contribution is -0.140. The third-order valence-corrected chi connectivity index (χ3v) is 4.59. The lowest BCUT2D eigenvalue weighted by atomic mass is 9.99. The summed E-state index contributed by atoms with van der Waals surface area (Å²) in [4.78, 5) is 23.8. The lowest BCUT2D eigenvalue weighted by Crippen LogP contribution is -2.45. The van der Waals surface area contributed by atoms with Crippen LogP contribution < -0.4 is 5.32 Å². The zero-order valence-electron chi connectivity index (χ0n) is 13.9. The Morgan fingerprint density at radius 2 is 2.13 bits per heavy atom. The van der Waals surface area contributed by atoms with Crippen molar-refractivity contribution in [3.05, 3.63) is 17.5 Å². The van der Waals surface area contributed by atoms with Crippen LogP contribution in [0.4, 0.5) is 0 Å². The standard InChI is InChI=1S/C16H25N3O4/c1-4-10(2)14(16(21)22)18-15(20)13-9-17-19(11(13)3)12-5-7-23-8-6-12/h9-10,12,14H,4-8H2,1-3H3,(H,18,20)(H,21,22). The molecule has 0 saturated carbocycles. The topological polar surface area (TPSA) is 93.5 Å². The number of nitrogens with one attached hydrogen (secondary N) is 1. The van der Waals surface area contributed by atoms with E-state index in [1.165, 1.54) is 6.20 Å². The molecule has 23 heavy (non-hydrogen) atoms. The van der Waals surface area contributed by atoms with Crippen LogP contribution in [0.5, 0.6) is 0 Å². The Kier molecular flexibility index (Phi) is 5.76. The molecule has 1 amide bonds. The third kappa shape index (κ3) is 3.90. The Balaban J connectivity index is 2.13. The van der Waals surface area contributed by atoms with E-state index in [0.717, 1.165) is 18.5 Å². The van der Waals surface area contributed by atoms with Crippen LogP contribution in [0.25, 0.3) is 0 Å². The van der Waals surface area contributed by atoms with Gasteiger partial charge < -0.3 is 15.2 Å². The molecule has 0 aromatic carbocycles. The summed E-state index contributed by atoms with van der Waals surface area (Å²) >= 11 is 0. The highest BCUT2D eigenvalue weighted by Gasteiger charge is 2.28. The third-order valence-electron chi connectivity index (χ3n) is 4.59. The monoisotopic (exact) mass is 323 g/mol. The van der Waals surface area contributed by atoms with Crippen molar-refractivity contribution in [3.8, 4) is 0 Å². The van der Waals surface area contributed by atoms with Gasteiger partial charge in [0.1, 0.15) is 6.04 Å². The molecule has 128 valence electrons. The molecule has 7 heteroatoms. The first-order chi connectivity index (χ1) is 11.0. The summed E-state index contributed by atoms with van der Waals surface area (Å²) in [6.07, 6.45) is 3.94. The van der Waals surface area contributed by atoms with E-state index >= 15 is 0 Å². The summed E-state index contributed by atoms with van der Waals surface area (Å²) in [5, 5.41) is 16.3. The van der Waals surface area contributed by atoms with Gasteiger partial charge in [0, 0.05) is 18.9 Å². The van der Waals surface area contributed by atoms with Gasteiger partial charge in [0.15, 0.2) is 0 Å². The highest BCUT2D eigenvalue weighted by atomic mass is 16.5. The number of rotatable bonds is 6. The minimum absolute atomic E-state index is 0.137. The van der Waals surface area contributed by atoms with E-state index in [-0.39, 0.29) is 17.9 Å². The second-order valence-electron chi connectivity index (χ2n) is 6.11. The fraction of sp³-hybridized carbons (Fsp3) is 0.688. The second kappa shape index (κ2) is 7.59. The maximum absolute atomic E-state index is 12.4. The first kappa shape index (κ1) is 17.5. The van der Waals surface area contributed by atoms with Crippen molar-refractivity contribution in [1.29, 1.82) is 0 Å². The number of aromatic nitrogens is 2. The SMILES string of the molecule is CCC(C)C(NC(=O)c1cnn(C2CCOCC2)c1C)C(=O)O. The van der Waals surface area contributed by atoms with Crippen LogP contribution in [-0.4, -0.2) is 46.0 Å². The Hall–Kier alpha value is -1.89. The molecule has 2 N–H and O–H groups in total. The zero-order chi connectivity index (χ0) is 17.0. The minimum atomic E-state index is -1.01. The predicted octanol–water partition coefficient (Wildman–Crippen LogP) is 1.77. The molecule has 7 nitrogen and oxygen atoms in total. The number of nitrogens with zero attached hydrogens (tertiary/aromatic N) is 2. The number of carbonyl (C=O) groups is 2. The quantitative estimate of drug-likeness (QED) is 0.832. The number of hydrogen-bond donors (Lipinski definition) is 2.